The molecule has 0 saturated carbocycles. The van der Waals surface area contributed by atoms with E-state index in [1.54, 1.807) is 0 Å². The van der Waals surface area contributed by atoms with Crippen molar-refractivity contribution in [1.29, 1.82) is 0 Å². The van der Waals surface area contributed by atoms with Gasteiger partial charge in [0, 0.05) is 11.8 Å². The zero-order valence-corrected chi connectivity index (χ0v) is 19.8. The Morgan fingerprint density at radius 2 is 1.53 bits per heavy atom. The van der Waals surface area contributed by atoms with Gasteiger partial charge in [-0.2, -0.15) is 0 Å². The van der Waals surface area contributed by atoms with Crippen molar-refractivity contribution in [1.82, 2.24) is 4.98 Å². The van der Waals surface area contributed by atoms with Gasteiger partial charge in [0.1, 0.15) is 0 Å². The van der Waals surface area contributed by atoms with Crippen molar-refractivity contribution < 1.29 is 0 Å². The SMILES string of the molecule is CCC(C)C(C)(CC)c1ccc(-c2ccccc2)cc1-c1cc(C(C)(C)C)ccn1. The van der Waals surface area contributed by atoms with Crippen molar-refractivity contribution in [3.63, 3.8) is 0 Å². The van der Waals surface area contributed by atoms with Gasteiger partial charge in [-0.3, -0.25) is 4.98 Å². The van der Waals surface area contributed by atoms with Crippen molar-refractivity contribution in [3.8, 4) is 22.4 Å². The molecule has 2 unspecified atom stereocenters. The summed E-state index contributed by atoms with van der Waals surface area (Å²) in [5, 5.41) is 0. The maximum atomic E-state index is 4.85. The Labute approximate surface area is 183 Å². The van der Waals surface area contributed by atoms with Crippen molar-refractivity contribution in [2.75, 3.05) is 0 Å². The van der Waals surface area contributed by atoms with E-state index in [4.69, 9.17) is 4.98 Å². The molecule has 1 heteroatoms. The van der Waals surface area contributed by atoms with Crippen LogP contribution in [-0.2, 0) is 10.8 Å². The van der Waals surface area contributed by atoms with Crippen molar-refractivity contribution >= 4 is 0 Å². The minimum Gasteiger partial charge on any atom is -0.256 e. The summed E-state index contributed by atoms with van der Waals surface area (Å²) >= 11 is 0. The van der Waals surface area contributed by atoms with Gasteiger partial charge in [-0.15, -0.1) is 0 Å². The Morgan fingerprint density at radius 3 is 2.13 bits per heavy atom. The number of benzene rings is 2. The minimum absolute atomic E-state index is 0.0969. The lowest BCUT2D eigenvalue weighted by atomic mass is 9.67. The molecule has 1 aromatic heterocycles. The third kappa shape index (κ3) is 4.36. The van der Waals surface area contributed by atoms with E-state index in [0.29, 0.717) is 5.92 Å². The fraction of sp³-hybridized carbons (Fsp3) is 0.414. The Hall–Kier alpha value is -2.41. The molecule has 2 aromatic carbocycles. The smallest absolute Gasteiger partial charge is 0.0708 e. The van der Waals surface area contributed by atoms with Gasteiger partial charge in [0.25, 0.3) is 0 Å². The molecular weight excluding hydrogens is 362 g/mol. The molecule has 0 aliphatic rings. The van der Waals surface area contributed by atoms with Crippen molar-refractivity contribution in [2.45, 2.75) is 72.1 Å². The molecule has 0 bridgehead atoms. The van der Waals surface area contributed by atoms with Crippen molar-refractivity contribution in [2.24, 2.45) is 5.92 Å². The van der Waals surface area contributed by atoms with E-state index in [-0.39, 0.29) is 10.8 Å². The predicted molar refractivity (Wildman–Crippen MR) is 131 cm³/mol. The van der Waals surface area contributed by atoms with E-state index in [0.717, 1.165) is 12.1 Å². The molecule has 0 amide bonds. The fourth-order valence-electron chi connectivity index (χ4n) is 4.36. The zero-order valence-electron chi connectivity index (χ0n) is 19.8. The maximum absolute atomic E-state index is 4.85. The number of hydrogen-bond donors (Lipinski definition) is 0. The topological polar surface area (TPSA) is 12.9 Å². The highest BCUT2D eigenvalue weighted by atomic mass is 14.7. The Bertz CT molecular complexity index is 981. The summed E-state index contributed by atoms with van der Waals surface area (Å²) in [6, 6.07) is 22.1. The van der Waals surface area contributed by atoms with Crippen LogP contribution in [0.2, 0.25) is 0 Å². The van der Waals surface area contributed by atoms with E-state index in [1.807, 2.05) is 6.20 Å². The highest BCUT2D eigenvalue weighted by molar-refractivity contribution is 5.75. The Balaban J connectivity index is 2.27. The van der Waals surface area contributed by atoms with Crippen LogP contribution in [-0.4, -0.2) is 4.98 Å². The number of rotatable bonds is 6. The molecule has 0 aliphatic heterocycles. The predicted octanol–water partition coefficient (Wildman–Crippen LogP) is 8.43. The van der Waals surface area contributed by atoms with Crippen molar-refractivity contribution in [3.05, 3.63) is 78.0 Å². The Morgan fingerprint density at radius 1 is 0.833 bits per heavy atom. The summed E-state index contributed by atoms with van der Waals surface area (Å²) < 4.78 is 0. The molecule has 1 heterocycles. The Kier molecular flexibility index (Phi) is 6.50. The van der Waals surface area contributed by atoms with Crippen LogP contribution in [0.3, 0.4) is 0 Å². The molecule has 2 atom stereocenters. The minimum atomic E-state index is 0.0969. The van der Waals surface area contributed by atoms with Crippen LogP contribution < -0.4 is 0 Å². The fourth-order valence-corrected chi connectivity index (χ4v) is 4.36. The van der Waals surface area contributed by atoms with Gasteiger partial charge < -0.3 is 0 Å². The number of hydrogen-bond acceptors (Lipinski definition) is 1. The lowest BCUT2D eigenvalue weighted by Gasteiger charge is -2.37. The second-order valence-electron chi connectivity index (χ2n) is 9.89. The van der Waals surface area contributed by atoms with Crippen LogP contribution >= 0.6 is 0 Å². The summed E-state index contributed by atoms with van der Waals surface area (Å²) in [7, 11) is 0. The molecule has 3 aromatic rings. The second-order valence-corrected chi connectivity index (χ2v) is 9.89. The average molecular weight is 400 g/mol. The standard InChI is InChI=1S/C29H37N/c1-8-21(3)29(7,9-2)26-16-15-23(22-13-11-10-12-14-22)19-25(26)27-20-24(17-18-30-27)28(4,5)6/h10-21H,8-9H2,1-7H3. The van der Waals surface area contributed by atoms with Gasteiger partial charge in [-0.25, -0.2) is 0 Å². The van der Waals surface area contributed by atoms with Crippen LogP contribution in [0, 0.1) is 5.92 Å². The summed E-state index contributed by atoms with van der Waals surface area (Å²) in [6.45, 7) is 16.2. The number of nitrogens with zero attached hydrogens (tertiary/aromatic N) is 1. The molecule has 0 spiro atoms. The van der Waals surface area contributed by atoms with Crippen LogP contribution in [0.5, 0.6) is 0 Å². The summed E-state index contributed by atoms with van der Waals surface area (Å²) in [6.07, 6.45) is 4.25. The largest absolute Gasteiger partial charge is 0.256 e. The first-order chi connectivity index (χ1) is 14.2. The van der Waals surface area contributed by atoms with E-state index in [9.17, 15) is 0 Å². The quantitative estimate of drug-likeness (QED) is 0.405. The van der Waals surface area contributed by atoms with E-state index in [2.05, 4.69) is 109 Å². The molecule has 0 fully saturated rings. The van der Waals surface area contributed by atoms with Crippen LogP contribution in [0.15, 0.2) is 66.9 Å². The molecule has 0 N–H and O–H groups in total. The van der Waals surface area contributed by atoms with Gasteiger partial charge in [0.05, 0.1) is 5.69 Å². The van der Waals surface area contributed by atoms with Gasteiger partial charge >= 0.3 is 0 Å². The summed E-state index contributed by atoms with van der Waals surface area (Å²) in [5.74, 6) is 0.592. The first-order valence-corrected chi connectivity index (χ1v) is 11.4. The third-order valence-corrected chi connectivity index (χ3v) is 7.08. The number of pyridine rings is 1. The van der Waals surface area contributed by atoms with Crippen LogP contribution in [0.25, 0.3) is 22.4 Å². The van der Waals surface area contributed by atoms with E-state index in [1.165, 1.54) is 34.2 Å². The number of aromatic nitrogens is 1. The molecule has 1 nitrogen and oxygen atoms in total. The first-order valence-electron chi connectivity index (χ1n) is 11.4. The van der Waals surface area contributed by atoms with Gasteiger partial charge in [-0.1, -0.05) is 97.4 Å². The van der Waals surface area contributed by atoms with Gasteiger partial charge in [0.2, 0.25) is 0 Å². The van der Waals surface area contributed by atoms with Gasteiger partial charge in [-0.05, 0) is 63.6 Å². The molecule has 3 rings (SSSR count). The average Bonchev–Trinajstić information content (AvgIpc) is 2.77. The molecule has 0 saturated heterocycles. The van der Waals surface area contributed by atoms with E-state index < -0.39 is 0 Å². The normalized spacial score (nSPS) is 14.9. The van der Waals surface area contributed by atoms with Crippen LogP contribution in [0.4, 0.5) is 0 Å². The maximum Gasteiger partial charge on any atom is 0.0708 e. The molecule has 0 aliphatic carbocycles. The van der Waals surface area contributed by atoms with Crippen LogP contribution in [0.1, 0.15) is 72.4 Å². The zero-order chi connectivity index (χ0) is 21.9. The molecule has 158 valence electrons. The van der Waals surface area contributed by atoms with Gasteiger partial charge in [0.15, 0.2) is 0 Å². The summed E-state index contributed by atoms with van der Waals surface area (Å²) in [4.78, 5) is 4.85. The highest BCUT2D eigenvalue weighted by Gasteiger charge is 2.33. The lowest BCUT2D eigenvalue weighted by Crippen LogP contribution is -2.30. The third-order valence-electron chi connectivity index (χ3n) is 7.08. The highest BCUT2D eigenvalue weighted by Crippen LogP contribution is 2.43. The molecule has 0 radical (unpaired) electrons. The first kappa shape index (κ1) is 22.3. The molecular formula is C29H37N. The van der Waals surface area contributed by atoms with E-state index >= 15 is 0 Å². The summed E-state index contributed by atoms with van der Waals surface area (Å²) in [5.41, 5.74) is 7.80. The second kappa shape index (κ2) is 8.76. The monoisotopic (exact) mass is 399 g/mol. The lowest BCUT2D eigenvalue weighted by molar-refractivity contribution is 0.296. The molecule has 30 heavy (non-hydrogen) atoms.